The second-order valence-corrected chi connectivity index (χ2v) is 10.1. The SMILES string of the molecule is CN1CCN(C(=O)CC(c2ccc3c(c2)OCO3)c2c(O)c(O)c(O)c3c(=O)cc(-c4ccccc4)oc23)CC1. The molecule has 0 saturated carbocycles. The van der Waals surface area contributed by atoms with Crippen LogP contribution < -0.4 is 14.9 Å². The van der Waals surface area contributed by atoms with E-state index in [-0.39, 0.29) is 41.4 Å². The number of nitrogens with zero attached hydrogens (tertiary/aromatic N) is 2. The first-order valence-electron chi connectivity index (χ1n) is 13.0. The number of carbonyl (C=O) groups is 1. The Balaban J connectivity index is 1.56. The van der Waals surface area contributed by atoms with E-state index in [4.69, 9.17) is 13.9 Å². The van der Waals surface area contributed by atoms with Gasteiger partial charge < -0.3 is 39.0 Å². The number of ether oxygens (including phenoxy) is 2. The van der Waals surface area contributed by atoms with Crippen molar-refractivity contribution in [3.63, 3.8) is 0 Å². The molecule has 0 aliphatic carbocycles. The van der Waals surface area contributed by atoms with Gasteiger partial charge >= 0.3 is 0 Å². The summed E-state index contributed by atoms with van der Waals surface area (Å²) in [7, 11) is 1.99. The van der Waals surface area contributed by atoms with Gasteiger partial charge in [-0.05, 0) is 24.7 Å². The van der Waals surface area contributed by atoms with Crippen LogP contribution >= 0.6 is 0 Å². The summed E-state index contributed by atoms with van der Waals surface area (Å²) in [5, 5.41) is 32.4. The van der Waals surface area contributed by atoms with Crippen LogP contribution in [0.4, 0.5) is 0 Å². The number of carbonyl (C=O) groups excluding carboxylic acids is 1. The number of phenolic OH excluding ortho intramolecular Hbond substituents is 3. The van der Waals surface area contributed by atoms with Gasteiger partial charge in [0, 0.05) is 55.7 Å². The molecular weight excluding hydrogens is 516 g/mol. The minimum Gasteiger partial charge on any atom is -0.504 e. The summed E-state index contributed by atoms with van der Waals surface area (Å²) in [4.78, 5) is 30.8. The maximum absolute atomic E-state index is 13.6. The Bertz CT molecular complexity index is 1660. The van der Waals surface area contributed by atoms with Crippen molar-refractivity contribution in [2.75, 3.05) is 40.0 Å². The van der Waals surface area contributed by atoms with E-state index >= 15 is 0 Å². The van der Waals surface area contributed by atoms with Gasteiger partial charge in [-0.1, -0.05) is 36.4 Å². The molecule has 0 radical (unpaired) electrons. The van der Waals surface area contributed by atoms with Crippen molar-refractivity contribution in [3.05, 3.63) is 75.9 Å². The maximum Gasteiger partial charge on any atom is 0.231 e. The Morgan fingerprint density at radius 2 is 1.62 bits per heavy atom. The average molecular weight is 545 g/mol. The van der Waals surface area contributed by atoms with E-state index in [0.717, 1.165) is 13.1 Å². The zero-order valence-corrected chi connectivity index (χ0v) is 21.8. The van der Waals surface area contributed by atoms with Crippen LogP contribution in [0, 0.1) is 0 Å². The fourth-order valence-electron chi connectivity index (χ4n) is 5.32. The molecular formula is C30H28N2O8. The quantitative estimate of drug-likeness (QED) is 0.322. The van der Waals surface area contributed by atoms with Gasteiger partial charge in [0.1, 0.15) is 16.7 Å². The lowest BCUT2D eigenvalue weighted by molar-refractivity contribution is -0.133. The zero-order chi connectivity index (χ0) is 28.0. The predicted molar refractivity (Wildman–Crippen MR) is 146 cm³/mol. The lowest BCUT2D eigenvalue weighted by Crippen LogP contribution is -2.47. The molecule has 3 aromatic carbocycles. The second kappa shape index (κ2) is 10.1. The number of hydrogen-bond acceptors (Lipinski definition) is 9. The van der Waals surface area contributed by atoms with Crippen LogP contribution in [0.2, 0.25) is 0 Å². The Morgan fingerprint density at radius 1 is 0.900 bits per heavy atom. The lowest BCUT2D eigenvalue weighted by atomic mass is 9.85. The number of likely N-dealkylation sites (N-methyl/N-ethyl adjacent to an activating group) is 1. The molecule has 1 saturated heterocycles. The molecule has 1 unspecified atom stereocenters. The Morgan fingerprint density at radius 3 is 2.38 bits per heavy atom. The first-order chi connectivity index (χ1) is 19.3. The molecule has 4 aromatic rings. The highest BCUT2D eigenvalue weighted by molar-refractivity contribution is 5.94. The zero-order valence-electron chi connectivity index (χ0n) is 21.8. The number of hydrogen-bond donors (Lipinski definition) is 3. The molecule has 10 heteroatoms. The summed E-state index contributed by atoms with van der Waals surface area (Å²) in [5.41, 5.74) is 0.465. The van der Waals surface area contributed by atoms with Gasteiger partial charge in [0.2, 0.25) is 18.4 Å². The summed E-state index contributed by atoms with van der Waals surface area (Å²) in [6, 6.07) is 15.3. The van der Waals surface area contributed by atoms with Crippen LogP contribution in [-0.2, 0) is 4.79 Å². The number of rotatable bonds is 5. The third kappa shape index (κ3) is 4.46. The van der Waals surface area contributed by atoms with Gasteiger partial charge in [0.15, 0.2) is 28.4 Å². The van der Waals surface area contributed by atoms with Crippen molar-refractivity contribution < 1.29 is 34.0 Å². The number of aromatic hydroxyl groups is 3. The van der Waals surface area contributed by atoms with Gasteiger partial charge in [0.05, 0.1) is 0 Å². The van der Waals surface area contributed by atoms with Crippen LogP contribution in [0.3, 0.4) is 0 Å². The first-order valence-corrected chi connectivity index (χ1v) is 13.0. The molecule has 10 nitrogen and oxygen atoms in total. The summed E-state index contributed by atoms with van der Waals surface area (Å²) < 4.78 is 17.2. The lowest BCUT2D eigenvalue weighted by Gasteiger charge is -2.33. The molecule has 1 atom stereocenters. The Hall–Kier alpha value is -4.70. The first kappa shape index (κ1) is 25.6. The molecule has 40 heavy (non-hydrogen) atoms. The van der Waals surface area contributed by atoms with E-state index in [2.05, 4.69) is 4.90 Å². The van der Waals surface area contributed by atoms with Crippen LogP contribution in [0.15, 0.2) is 63.8 Å². The summed E-state index contributed by atoms with van der Waals surface area (Å²) in [5.74, 6) is -2.16. The number of fused-ring (bicyclic) bond motifs is 2. The molecule has 206 valence electrons. The summed E-state index contributed by atoms with van der Waals surface area (Å²) in [6.45, 7) is 2.59. The van der Waals surface area contributed by atoms with E-state index < -0.39 is 28.6 Å². The Labute approximate surface area is 229 Å². The van der Waals surface area contributed by atoms with Crippen LogP contribution in [-0.4, -0.2) is 71.0 Å². The van der Waals surface area contributed by atoms with Crippen molar-refractivity contribution in [1.29, 1.82) is 0 Å². The molecule has 1 amide bonds. The van der Waals surface area contributed by atoms with Gasteiger partial charge in [-0.3, -0.25) is 9.59 Å². The van der Waals surface area contributed by atoms with Crippen molar-refractivity contribution in [2.24, 2.45) is 0 Å². The van der Waals surface area contributed by atoms with Gasteiger partial charge in [-0.25, -0.2) is 0 Å². The highest BCUT2D eigenvalue weighted by Crippen LogP contribution is 2.50. The van der Waals surface area contributed by atoms with Crippen LogP contribution in [0.1, 0.15) is 23.5 Å². The monoisotopic (exact) mass is 544 g/mol. The van der Waals surface area contributed by atoms with Crippen molar-refractivity contribution in [1.82, 2.24) is 9.80 Å². The van der Waals surface area contributed by atoms with E-state index in [1.807, 2.05) is 13.1 Å². The molecule has 2 aliphatic heterocycles. The third-order valence-electron chi connectivity index (χ3n) is 7.57. The smallest absolute Gasteiger partial charge is 0.231 e. The topological polar surface area (TPSA) is 133 Å². The predicted octanol–water partition coefficient (Wildman–Crippen LogP) is 3.60. The molecule has 1 fully saturated rings. The second-order valence-electron chi connectivity index (χ2n) is 10.1. The van der Waals surface area contributed by atoms with E-state index in [9.17, 15) is 24.9 Å². The molecule has 0 bridgehead atoms. The Kier molecular flexibility index (Phi) is 6.47. The minimum absolute atomic E-state index is 0.0153. The fraction of sp³-hybridized carbons (Fsp3) is 0.267. The highest BCUT2D eigenvalue weighted by Gasteiger charge is 2.33. The molecule has 3 N–H and O–H groups in total. The van der Waals surface area contributed by atoms with Crippen molar-refractivity contribution in [3.8, 4) is 40.1 Å². The molecule has 1 aromatic heterocycles. The van der Waals surface area contributed by atoms with Gasteiger partial charge in [-0.2, -0.15) is 0 Å². The number of phenols is 3. The van der Waals surface area contributed by atoms with E-state index in [1.54, 1.807) is 47.4 Å². The molecule has 6 rings (SSSR count). The number of piperazine rings is 1. The normalized spacial score (nSPS) is 15.9. The number of benzene rings is 3. The van der Waals surface area contributed by atoms with Crippen LogP contribution in [0.25, 0.3) is 22.3 Å². The fourth-order valence-corrected chi connectivity index (χ4v) is 5.32. The maximum atomic E-state index is 13.6. The van der Waals surface area contributed by atoms with Gasteiger partial charge in [0.25, 0.3) is 0 Å². The van der Waals surface area contributed by atoms with Crippen molar-refractivity contribution >= 4 is 16.9 Å². The van der Waals surface area contributed by atoms with E-state index in [1.165, 1.54) is 6.07 Å². The van der Waals surface area contributed by atoms with Crippen LogP contribution in [0.5, 0.6) is 28.7 Å². The third-order valence-corrected chi connectivity index (χ3v) is 7.57. The van der Waals surface area contributed by atoms with E-state index in [0.29, 0.717) is 35.7 Å². The number of amides is 1. The van der Waals surface area contributed by atoms with Crippen molar-refractivity contribution in [2.45, 2.75) is 12.3 Å². The summed E-state index contributed by atoms with van der Waals surface area (Å²) >= 11 is 0. The average Bonchev–Trinajstić information content (AvgIpc) is 3.44. The molecule has 2 aliphatic rings. The molecule has 0 spiro atoms. The van der Waals surface area contributed by atoms with Gasteiger partial charge in [-0.15, -0.1) is 0 Å². The largest absolute Gasteiger partial charge is 0.504 e. The summed E-state index contributed by atoms with van der Waals surface area (Å²) in [6.07, 6.45) is -0.102. The highest BCUT2D eigenvalue weighted by atomic mass is 16.7. The standard InChI is InChI=1S/C30H28N2O8/c1-31-9-11-32(12-10-31)24(34)14-19(18-7-8-21-23(13-18)39-16-38-21)25-27(35)29(37)28(36)26-20(33)15-22(40-30(25)26)17-5-3-2-4-6-17/h2-8,13,15,19,35-37H,9-12,14,16H2,1H3. The minimum atomic E-state index is -0.871. The molecule has 3 heterocycles.